The Morgan fingerprint density at radius 2 is 1.73 bits per heavy atom. The first-order valence-corrected chi connectivity index (χ1v) is 6.17. The van der Waals surface area contributed by atoms with Crippen molar-refractivity contribution in [3.63, 3.8) is 0 Å². The van der Waals surface area contributed by atoms with Gasteiger partial charge in [-0.05, 0) is 11.8 Å². The molecule has 0 saturated carbocycles. The van der Waals surface area contributed by atoms with Gasteiger partial charge in [-0.3, -0.25) is 4.21 Å². The number of nitrogens with zero attached hydrogens (tertiary/aromatic N) is 1. The van der Waals surface area contributed by atoms with Crippen molar-refractivity contribution in [2.45, 2.75) is 27.2 Å². The Balaban J connectivity index is 3.86. The van der Waals surface area contributed by atoms with Crippen LogP contribution in [0, 0.1) is 5.41 Å². The molecule has 11 heavy (non-hydrogen) atoms. The minimum atomic E-state index is -1.87. The largest absolute Gasteiger partial charge is 0.250 e. The van der Waals surface area contributed by atoms with Crippen molar-refractivity contribution in [3.8, 4) is 0 Å². The highest BCUT2D eigenvalue weighted by Gasteiger charge is 2.08. The molecule has 0 radical (unpaired) electrons. The van der Waals surface area contributed by atoms with Gasteiger partial charge in [-0.15, -0.1) is 0 Å². The fourth-order valence-electron chi connectivity index (χ4n) is 0.601. The predicted molar refractivity (Wildman–Crippen MR) is 51.4 cm³/mol. The molecule has 0 heterocycles. The lowest BCUT2D eigenvalue weighted by Gasteiger charge is -2.15. The third kappa shape index (κ3) is 9.95. The average Bonchev–Trinajstić information content (AvgIpc) is 1.55. The summed E-state index contributed by atoms with van der Waals surface area (Å²) in [6, 6.07) is 0. The van der Waals surface area contributed by atoms with Crippen molar-refractivity contribution in [2.24, 2.45) is 9.78 Å². The van der Waals surface area contributed by atoms with E-state index in [1.807, 2.05) is 0 Å². The van der Waals surface area contributed by atoms with Gasteiger partial charge in [-0.2, -0.15) is 0 Å². The van der Waals surface area contributed by atoms with Gasteiger partial charge in [0.1, 0.15) is 0 Å². The highest BCUT2D eigenvalue weighted by molar-refractivity contribution is 7.92. The van der Waals surface area contributed by atoms with Gasteiger partial charge >= 0.3 is 0 Å². The van der Waals surface area contributed by atoms with Crippen LogP contribution in [0.1, 0.15) is 27.2 Å². The van der Waals surface area contributed by atoms with E-state index in [9.17, 15) is 4.21 Å². The summed E-state index contributed by atoms with van der Waals surface area (Å²) in [5, 5.41) is 0. The van der Waals surface area contributed by atoms with E-state index in [2.05, 4.69) is 25.1 Å². The number of hydrogen-bond donors (Lipinski definition) is 0. The molecule has 68 valence electrons. The molecule has 0 aliphatic carbocycles. The zero-order valence-electron chi connectivity index (χ0n) is 8.18. The summed E-state index contributed by atoms with van der Waals surface area (Å²) in [6.07, 6.45) is 4.36. The van der Waals surface area contributed by atoms with E-state index >= 15 is 0 Å². The molecule has 0 amide bonds. The molecule has 0 spiro atoms. The van der Waals surface area contributed by atoms with Gasteiger partial charge < -0.3 is 0 Å². The molecule has 0 aliphatic rings. The fraction of sp³-hybridized carbons (Fsp3) is 1.00. The van der Waals surface area contributed by atoms with Crippen molar-refractivity contribution in [1.82, 2.24) is 0 Å². The van der Waals surface area contributed by atoms with Crippen LogP contribution in [-0.2, 0) is 9.73 Å². The monoisotopic (exact) mass is 177 g/mol. The molecule has 0 bridgehead atoms. The smallest absolute Gasteiger partial charge is 0.0489 e. The summed E-state index contributed by atoms with van der Waals surface area (Å²) >= 11 is 0. The third-order valence-corrected chi connectivity index (χ3v) is 2.07. The summed E-state index contributed by atoms with van der Waals surface area (Å²) in [7, 11) is -1.87. The van der Waals surface area contributed by atoms with Gasteiger partial charge in [0.05, 0.1) is 0 Å². The van der Waals surface area contributed by atoms with Crippen molar-refractivity contribution < 1.29 is 4.21 Å². The van der Waals surface area contributed by atoms with E-state index in [1.54, 1.807) is 12.5 Å². The zero-order valence-corrected chi connectivity index (χ0v) is 8.99. The maximum absolute atomic E-state index is 11.1. The normalized spacial score (nSPS) is 13.2. The van der Waals surface area contributed by atoms with Crippen LogP contribution >= 0.6 is 0 Å². The second kappa shape index (κ2) is 3.57. The molecular formula is C8H19NOS. The van der Waals surface area contributed by atoms with Gasteiger partial charge in [0.25, 0.3) is 0 Å². The lowest BCUT2D eigenvalue weighted by Crippen LogP contribution is -2.07. The minimum Gasteiger partial charge on any atom is -0.250 e. The van der Waals surface area contributed by atoms with Crippen LogP contribution in [0.25, 0.3) is 0 Å². The molecule has 0 N–H and O–H groups in total. The number of rotatable bonds is 2. The molecule has 3 heteroatoms. The third-order valence-electron chi connectivity index (χ3n) is 1.26. The van der Waals surface area contributed by atoms with E-state index in [1.165, 1.54) is 0 Å². The highest BCUT2D eigenvalue weighted by atomic mass is 32.2. The highest BCUT2D eigenvalue weighted by Crippen LogP contribution is 2.17. The zero-order chi connectivity index (χ0) is 9.12. The molecule has 0 rings (SSSR count). The Kier molecular flexibility index (Phi) is 3.55. The molecule has 0 aliphatic heterocycles. The minimum absolute atomic E-state index is 0.300. The summed E-state index contributed by atoms with van der Waals surface area (Å²) in [4.78, 5) is 0. The van der Waals surface area contributed by atoms with Crippen LogP contribution in [0.3, 0.4) is 0 Å². The van der Waals surface area contributed by atoms with Crippen molar-refractivity contribution >= 4 is 9.73 Å². The molecular weight excluding hydrogens is 158 g/mol. The summed E-state index contributed by atoms with van der Waals surface area (Å²) in [6.45, 7) is 7.20. The first-order chi connectivity index (χ1) is 4.71. The van der Waals surface area contributed by atoms with Crippen LogP contribution in [0.2, 0.25) is 0 Å². The molecule has 0 aromatic carbocycles. The van der Waals surface area contributed by atoms with Gasteiger partial charge in [0.2, 0.25) is 0 Å². The quantitative estimate of drug-likeness (QED) is 0.635. The summed E-state index contributed by atoms with van der Waals surface area (Å²) in [5.41, 5.74) is 0.300. The molecule has 0 fully saturated rings. The standard InChI is InChI=1S/C8H19NOS/c1-8(2,3)6-7-9-11(4,5)10/h6-7H2,1-5H3. The summed E-state index contributed by atoms with van der Waals surface area (Å²) < 4.78 is 15.2. The van der Waals surface area contributed by atoms with Crippen LogP contribution in [0.4, 0.5) is 0 Å². The SMILES string of the molecule is CC(C)(C)CCN=S(C)(C)=O. The van der Waals surface area contributed by atoms with Gasteiger partial charge in [0, 0.05) is 28.8 Å². The topological polar surface area (TPSA) is 29.4 Å². The maximum atomic E-state index is 11.1. The lowest BCUT2D eigenvalue weighted by atomic mass is 9.93. The second-order valence-corrected chi connectivity index (χ2v) is 6.97. The molecule has 0 saturated heterocycles. The van der Waals surface area contributed by atoms with Gasteiger partial charge in [0.15, 0.2) is 0 Å². The Hall–Kier alpha value is -0.0500. The molecule has 2 nitrogen and oxygen atoms in total. The van der Waals surface area contributed by atoms with E-state index < -0.39 is 9.73 Å². The molecule has 0 aromatic heterocycles. The summed E-state index contributed by atoms with van der Waals surface area (Å²) in [5.74, 6) is 0. The maximum Gasteiger partial charge on any atom is 0.0489 e. The first kappa shape index (κ1) is 11.0. The lowest BCUT2D eigenvalue weighted by molar-refractivity contribution is 0.386. The Bertz CT molecular complexity index is 211. The van der Waals surface area contributed by atoms with Crippen LogP contribution < -0.4 is 0 Å². The van der Waals surface area contributed by atoms with Gasteiger partial charge in [-0.25, -0.2) is 4.36 Å². The Morgan fingerprint density at radius 1 is 1.27 bits per heavy atom. The van der Waals surface area contributed by atoms with E-state index in [0.717, 1.165) is 13.0 Å². The van der Waals surface area contributed by atoms with Crippen LogP contribution in [-0.4, -0.2) is 23.3 Å². The van der Waals surface area contributed by atoms with E-state index in [0.29, 0.717) is 5.41 Å². The first-order valence-electron chi connectivity index (χ1n) is 3.84. The van der Waals surface area contributed by atoms with Crippen molar-refractivity contribution in [3.05, 3.63) is 0 Å². The van der Waals surface area contributed by atoms with Crippen LogP contribution in [0.15, 0.2) is 4.36 Å². The van der Waals surface area contributed by atoms with Crippen LogP contribution in [0.5, 0.6) is 0 Å². The molecule has 0 aromatic rings. The van der Waals surface area contributed by atoms with Crippen molar-refractivity contribution in [1.29, 1.82) is 0 Å². The Labute approximate surface area is 70.6 Å². The molecule has 0 unspecified atom stereocenters. The fourth-order valence-corrected chi connectivity index (χ4v) is 1.13. The van der Waals surface area contributed by atoms with Gasteiger partial charge in [-0.1, -0.05) is 20.8 Å². The van der Waals surface area contributed by atoms with Crippen molar-refractivity contribution in [2.75, 3.05) is 19.1 Å². The predicted octanol–water partition coefficient (Wildman–Crippen LogP) is 2.15. The van der Waals surface area contributed by atoms with E-state index in [4.69, 9.17) is 0 Å². The Morgan fingerprint density at radius 3 is 2.00 bits per heavy atom. The van der Waals surface area contributed by atoms with E-state index in [-0.39, 0.29) is 0 Å². The number of hydrogen-bond acceptors (Lipinski definition) is 2. The second-order valence-electron chi connectivity index (χ2n) is 4.34. The molecule has 0 atom stereocenters. The average molecular weight is 177 g/mol.